The second kappa shape index (κ2) is 4.40. The Hall–Kier alpha value is -1.91. The standard InChI is InChI=1S/C13H9F4N/c1-8-6-7-11(13(15,16)17)18-12(8)9-4-2-3-5-10(9)14/h2-7H,1H3. The van der Waals surface area contributed by atoms with E-state index in [0.717, 1.165) is 6.07 Å². The van der Waals surface area contributed by atoms with Crippen LogP contribution in [0.1, 0.15) is 11.3 Å². The third-order valence-corrected chi connectivity index (χ3v) is 2.52. The zero-order valence-electron chi connectivity index (χ0n) is 9.42. The van der Waals surface area contributed by atoms with E-state index in [1.807, 2.05) is 0 Å². The van der Waals surface area contributed by atoms with Gasteiger partial charge in [-0.2, -0.15) is 13.2 Å². The molecule has 1 nitrogen and oxygen atoms in total. The van der Waals surface area contributed by atoms with Crippen LogP contribution in [0.3, 0.4) is 0 Å². The van der Waals surface area contributed by atoms with Crippen LogP contribution in [0.5, 0.6) is 0 Å². The monoisotopic (exact) mass is 255 g/mol. The SMILES string of the molecule is Cc1ccc(C(F)(F)F)nc1-c1ccccc1F. The van der Waals surface area contributed by atoms with Crippen LogP contribution >= 0.6 is 0 Å². The molecule has 5 heteroatoms. The number of aryl methyl sites for hydroxylation is 1. The van der Waals surface area contributed by atoms with Crippen molar-refractivity contribution in [1.29, 1.82) is 0 Å². The minimum Gasteiger partial charge on any atom is -0.243 e. The number of nitrogens with zero attached hydrogens (tertiary/aromatic N) is 1. The molecule has 0 aliphatic heterocycles. The minimum atomic E-state index is -4.53. The molecule has 0 saturated carbocycles. The Morgan fingerprint density at radius 3 is 2.28 bits per heavy atom. The number of aromatic nitrogens is 1. The summed E-state index contributed by atoms with van der Waals surface area (Å²) in [6.45, 7) is 1.59. The molecule has 0 atom stereocenters. The van der Waals surface area contributed by atoms with Gasteiger partial charge in [-0.25, -0.2) is 9.37 Å². The van der Waals surface area contributed by atoms with Crippen LogP contribution in [-0.2, 0) is 6.18 Å². The zero-order valence-corrected chi connectivity index (χ0v) is 9.42. The number of hydrogen-bond acceptors (Lipinski definition) is 1. The molecular formula is C13H9F4N. The maximum Gasteiger partial charge on any atom is 0.433 e. The molecule has 18 heavy (non-hydrogen) atoms. The summed E-state index contributed by atoms with van der Waals surface area (Å²) in [5.74, 6) is -0.590. The van der Waals surface area contributed by atoms with E-state index in [9.17, 15) is 17.6 Å². The summed E-state index contributed by atoms with van der Waals surface area (Å²) < 4.78 is 51.2. The largest absolute Gasteiger partial charge is 0.433 e. The first-order valence-corrected chi connectivity index (χ1v) is 5.19. The predicted molar refractivity (Wildman–Crippen MR) is 59.4 cm³/mol. The lowest BCUT2D eigenvalue weighted by molar-refractivity contribution is -0.141. The van der Waals surface area contributed by atoms with Crippen molar-refractivity contribution in [2.24, 2.45) is 0 Å². The van der Waals surface area contributed by atoms with E-state index in [4.69, 9.17) is 0 Å². The van der Waals surface area contributed by atoms with E-state index in [1.54, 1.807) is 13.0 Å². The molecule has 0 fully saturated rings. The molecule has 2 aromatic rings. The highest BCUT2D eigenvalue weighted by molar-refractivity contribution is 5.63. The highest BCUT2D eigenvalue weighted by Gasteiger charge is 2.33. The molecule has 0 unspecified atom stereocenters. The molecule has 94 valence electrons. The molecule has 0 N–H and O–H groups in total. The minimum absolute atomic E-state index is 0.0166. The number of rotatable bonds is 1. The maximum atomic E-state index is 13.6. The Balaban J connectivity index is 2.61. The average Bonchev–Trinajstić information content (AvgIpc) is 2.29. The first kappa shape index (κ1) is 12.5. The van der Waals surface area contributed by atoms with Crippen LogP contribution in [0, 0.1) is 12.7 Å². The summed E-state index contributed by atoms with van der Waals surface area (Å²) in [5, 5.41) is 0. The van der Waals surface area contributed by atoms with Gasteiger partial charge in [0.25, 0.3) is 0 Å². The van der Waals surface area contributed by atoms with Crippen LogP contribution in [0.4, 0.5) is 17.6 Å². The number of hydrogen-bond donors (Lipinski definition) is 0. The molecule has 0 bridgehead atoms. The summed E-state index contributed by atoms with van der Waals surface area (Å²) in [5.41, 5.74) is -0.441. The number of pyridine rings is 1. The van der Waals surface area contributed by atoms with Gasteiger partial charge in [-0.1, -0.05) is 18.2 Å². The van der Waals surface area contributed by atoms with E-state index in [1.165, 1.54) is 24.3 Å². The molecule has 2 rings (SSSR count). The summed E-state index contributed by atoms with van der Waals surface area (Å²) in [7, 11) is 0. The first-order chi connectivity index (χ1) is 8.39. The predicted octanol–water partition coefficient (Wildman–Crippen LogP) is 4.21. The normalized spacial score (nSPS) is 11.6. The van der Waals surface area contributed by atoms with Crippen LogP contribution in [0.25, 0.3) is 11.3 Å². The molecule has 0 aliphatic rings. The van der Waals surface area contributed by atoms with Gasteiger partial charge in [-0.15, -0.1) is 0 Å². The van der Waals surface area contributed by atoms with Crippen molar-refractivity contribution in [3.05, 3.63) is 53.5 Å². The maximum absolute atomic E-state index is 13.6. The molecule has 0 amide bonds. The lowest BCUT2D eigenvalue weighted by Gasteiger charge is -2.11. The Morgan fingerprint density at radius 1 is 1.00 bits per heavy atom. The smallest absolute Gasteiger partial charge is 0.243 e. The van der Waals surface area contributed by atoms with Gasteiger partial charge in [-0.05, 0) is 30.7 Å². The topological polar surface area (TPSA) is 12.9 Å². The third-order valence-electron chi connectivity index (χ3n) is 2.52. The van der Waals surface area contributed by atoms with Gasteiger partial charge in [0.05, 0.1) is 5.69 Å². The van der Waals surface area contributed by atoms with Gasteiger partial charge in [0.2, 0.25) is 0 Å². The average molecular weight is 255 g/mol. The van der Waals surface area contributed by atoms with Gasteiger partial charge >= 0.3 is 6.18 Å². The Labute approximate surface area is 101 Å². The molecule has 1 aromatic carbocycles. The van der Waals surface area contributed by atoms with Crippen molar-refractivity contribution in [3.8, 4) is 11.3 Å². The van der Waals surface area contributed by atoms with E-state index in [0.29, 0.717) is 5.56 Å². The van der Waals surface area contributed by atoms with Crippen LogP contribution < -0.4 is 0 Å². The Kier molecular flexibility index (Phi) is 3.07. The van der Waals surface area contributed by atoms with Crippen molar-refractivity contribution in [2.45, 2.75) is 13.1 Å². The zero-order chi connectivity index (χ0) is 13.3. The van der Waals surface area contributed by atoms with Gasteiger partial charge in [-0.3, -0.25) is 0 Å². The highest BCUT2D eigenvalue weighted by Crippen LogP contribution is 2.31. The number of halogens is 4. The van der Waals surface area contributed by atoms with Gasteiger partial charge in [0, 0.05) is 5.56 Å². The fraction of sp³-hybridized carbons (Fsp3) is 0.154. The second-order valence-corrected chi connectivity index (χ2v) is 3.84. The number of benzene rings is 1. The fourth-order valence-electron chi connectivity index (χ4n) is 1.61. The summed E-state index contributed by atoms with van der Waals surface area (Å²) in [6.07, 6.45) is -4.53. The van der Waals surface area contributed by atoms with Crippen LogP contribution in [0.15, 0.2) is 36.4 Å². The van der Waals surface area contributed by atoms with E-state index < -0.39 is 17.7 Å². The van der Waals surface area contributed by atoms with Gasteiger partial charge in [0.1, 0.15) is 11.5 Å². The van der Waals surface area contributed by atoms with Gasteiger partial charge < -0.3 is 0 Å². The molecule has 0 spiro atoms. The Bertz CT molecular complexity index is 575. The first-order valence-electron chi connectivity index (χ1n) is 5.19. The lowest BCUT2D eigenvalue weighted by atomic mass is 10.1. The summed E-state index contributed by atoms with van der Waals surface area (Å²) >= 11 is 0. The van der Waals surface area contributed by atoms with Gasteiger partial charge in [0.15, 0.2) is 0 Å². The van der Waals surface area contributed by atoms with Crippen molar-refractivity contribution in [3.63, 3.8) is 0 Å². The van der Waals surface area contributed by atoms with Crippen LogP contribution in [-0.4, -0.2) is 4.98 Å². The molecule has 0 aliphatic carbocycles. The number of alkyl halides is 3. The van der Waals surface area contributed by atoms with E-state index in [2.05, 4.69) is 4.98 Å². The third kappa shape index (κ3) is 2.34. The Morgan fingerprint density at radius 2 is 1.67 bits per heavy atom. The molecule has 0 saturated heterocycles. The van der Waals surface area contributed by atoms with Crippen molar-refractivity contribution in [1.82, 2.24) is 4.98 Å². The molecule has 0 radical (unpaired) electrons. The highest BCUT2D eigenvalue weighted by atomic mass is 19.4. The fourth-order valence-corrected chi connectivity index (χ4v) is 1.61. The van der Waals surface area contributed by atoms with Crippen molar-refractivity contribution >= 4 is 0 Å². The van der Waals surface area contributed by atoms with E-state index in [-0.39, 0.29) is 11.3 Å². The quantitative estimate of drug-likeness (QED) is 0.695. The molecule has 1 heterocycles. The van der Waals surface area contributed by atoms with Crippen molar-refractivity contribution in [2.75, 3.05) is 0 Å². The van der Waals surface area contributed by atoms with Crippen molar-refractivity contribution < 1.29 is 17.6 Å². The molecule has 1 aromatic heterocycles. The molecular weight excluding hydrogens is 246 g/mol. The lowest BCUT2D eigenvalue weighted by Crippen LogP contribution is -2.09. The van der Waals surface area contributed by atoms with Crippen LogP contribution in [0.2, 0.25) is 0 Å². The second-order valence-electron chi connectivity index (χ2n) is 3.84. The van der Waals surface area contributed by atoms with E-state index >= 15 is 0 Å². The summed E-state index contributed by atoms with van der Waals surface area (Å²) in [6, 6.07) is 7.81. The summed E-state index contributed by atoms with van der Waals surface area (Å²) in [4.78, 5) is 3.51.